The monoisotopic (exact) mass is 352 g/mol. The summed E-state index contributed by atoms with van der Waals surface area (Å²) in [4.78, 5) is 20.6. The maximum Gasteiger partial charge on any atom is 0.270 e. The van der Waals surface area contributed by atoms with Crippen molar-refractivity contribution in [3.05, 3.63) is 65.1 Å². The Balaban J connectivity index is 1.53. The van der Waals surface area contributed by atoms with Gasteiger partial charge in [-0.2, -0.15) is 0 Å². The van der Waals surface area contributed by atoms with Crippen LogP contribution in [0.5, 0.6) is 0 Å². The second-order valence-electron chi connectivity index (χ2n) is 6.08. The highest BCUT2D eigenvalue weighted by Crippen LogP contribution is 2.24. The van der Waals surface area contributed by atoms with E-state index in [1.165, 1.54) is 12.1 Å². The quantitative estimate of drug-likeness (QED) is 0.754. The molecule has 4 rings (SSSR count). The predicted molar refractivity (Wildman–Crippen MR) is 94.2 cm³/mol. The van der Waals surface area contributed by atoms with E-state index in [0.717, 1.165) is 16.9 Å². The van der Waals surface area contributed by atoms with Gasteiger partial charge in [-0.3, -0.25) is 4.79 Å². The van der Waals surface area contributed by atoms with Crippen molar-refractivity contribution in [1.82, 2.24) is 15.3 Å². The number of aromatic nitrogens is 2. The van der Waals surface area contributed by atoms with Crippen molar-refractivity contribution in [1.29, 1.82) is 0 Å². The van der Waals surface area contributed by atoms with Crippen LogP contribution >= 0.6 is 0 Å². The third kappa shape index (κ3) is 3.15. The highest BCUT2D eigenvalue weighted by Gasteiger charge is 2.22. The molecule has 7 heteroatoms. The molecule has 3 aromatic rings. The number of nitrogens with zero attached hydrogens (tertiary/aromatic N) is 2. The van der Waals surface area contributed by atoms with Crippen LogP contribution in [0.1, 0.15) is 27.6 Å². The van der Waals surface area contributed by atoms with Crippen LogP contribution in [0.2, 0.25) is 0 Å². The molecular formula is C19H17FN4O2. The number of amides is 1. The Bertz CT molecular complexity index is 966. The first-order valence-electron chi connectivity index (χ1n) is 8.34. The van der Waals surface area contributed by atoms with E-state index in [-0.39, 0.29) is 11.7 Å². The minimum absolute atomic E-state index is 0.170. The molecule has 132 valence electrons. The SMILES string of the molecule is Cc1nc(NCc2ccc(-c3ccc(F)cc3)o2)c2c(n1)C(=O)NCC2. The van der Waals surface area contributed by atoms with Crippen molar-refractivity contribution in [3.8, 4) is 11.3 Å². The number of anilines is 1. The molecule has 0 spiro atoms. The zero-order valence-electron chi connectivity index (χ0n) is 14.2. The van der Waals surface area contributed by atoms with Crippen LogP contribution in [0.15, 0.2) is 40.8 Å². The Morgan fingerprint density at radius 2 is 2.00 bits per heavy atom. The van der Waals surface area contributed by atoms with Crippen LogP contribution in [0, 0.1) is 12.7 Å². The lowest BCUT2D eigenvalue weighted by Crippen LogP contribution is -2.34. The zero-order chi connectivity index (χ0) is 18.1. The van der Waals surface area contributed by atoms with Gasteiger partial charge in [0.1, 0.15) is 34.7 Å². The molecule has 0 saturated heterocycles. The first kappa shape index (κ1) is 16.3. The average Bonchev–Trinajstić information content (AvgIpc) is 3.10. The van der Waals surface area contributed by atoms with E-state index in [9.17, 15) is 9.18 Å². The van der Waals surface area contributed by atoms with Gasteiger partial charge in [0.25, 0.3) is 5.91 Å². The molecule has 2 N–H and O–H groups in total. The highest BCUT2D eigenvalue weighted by atomic mass is 19.1. The van der Waals surface area contributed by atoms with Crippen LogP contribution in [-0.2, 0) is 13.0 Å². The van der Waals surface area contributed by atoms with E-state index in [4.69, 9.17) is 4.42 Å². The molecule has 0 unspecified atom stereocenters. The van der Waals surface area contributed by atoms with Crippen LogP contribution in [0.4, 0.5) is 10.2 Å². The number of nitrogens with one attached hydrogen (secondary N) is 2. The van der Waals surface area contributed by atoms with Crippen molar-refractivity contribution < 1.29 is 13.6 Å². The Labute approximate surface area is 149 Å². The van der Waals surface area contributed by atoms with Crippen molar-refractivity contribution in [3.63, 3.8) is 0 Å². The molecule has 0 bridgehead atoms. The summed E-state index contributed by atoms with van der Waals surface area (Å²) < 4.78 is 18.9. The maximum atomic E-state index is 13.0. The van der Waals surface area contributed by atoms with Crippen LogP contribution in [0.3, 0.4) is 0 Å². The summed E-state index contributed by atoms with van der Waals surface area (Å²) >= 11 is 0. The number of fused-ring (bicyclic) bond motifs is 1. The summed E-state index contributed by atoms with van der Waals surface area (Å²) in [5.41, 5.74) is 2.06. The van der Waals surface area contributed by atoms with Gasteiger partial charge in [-0.25, -0.2) is 14.4 Å². The summed E-state index contributed by atoms with van der Waals surface area (Å²) in [6.45, 7) is 2.75. The van der Waals surface area contributed by atoms with E-state index in [0.29, 0.717) is 42.6 Å². The van der Waals surface area contributed by atoms with Crippen molar-refractivity contribution in [2.24, 2.45) is 0 Å². The van der Waals surface area contributed by atoms with Crippen LogP contribution in [0.25, 0.3) is 11.3 Å². The molecule has 1 aromatic carbocycles. The summed E-state index contributed by atoms with van der Waals surface area (Å²) in [6, 6.07) is 9.85. The van der Waals surface area contributed by atoms with E-state index >= 15 is 0 Å². The molecule has 0 radical (unpaired) electrons. The molecule has 0 atom stereocenters. The number of hydrogen-bond acceptors (Lipinski definition) is 5. The standard InChI is InChI=1S/C19H17FN4O2/c1-11-23-17-15(8-9-21-19(17)25)18(24-11)22-10-14-6-7-16(26-14)12-2-4-13(20)5-3-12/h2-7H,8-10H2,1H3,(H,21,25)(H,22,23,24). The third-order valence-corrected chi connectivity index (χ3v) is 4.21. The van der Waals surface area contributed by atoms with Gasteiger partial charge in [0.2, 0.25) is 0 Å². The Kier molecular flexibility index (Phi) is 4.12. The van der Waals surface area contributed by atoms with Crippen LogP contribution < -0.4 is 10.6 Å². The average molecular weight is 352 g/mol. The second-order valence-corrected chi connectivity index (χ2v) is 6.08. The highest BCUT2D eigenvalue weighted by molar-refractivity contribution is 5.95. The van der Waals surface area contributed by atoms with E-state index < -0.39 is 0 Å². The summed E-state index contributed by atoms with van der Waals surface area (Å²) in [6.07, 6.45) is 0.683. The number of halogens is 1. The number of carbonyl (C=O) groups is 1. The number of benzene rings is 1. The minimum atomic E-state index is -0.282. The molecule has 0 aliphatic carbocycles. The molecule has 6 nitrogen and oxygen atoms in total. The minimum Gasteiger partial charge on any atom is -0.459 e. The number of furan rings is 1. The molecule has 1 amide bonds. The predicted octanol–water partition coefficient (Wildman–Crippen LogP) is 3.08. The van der Waals surface area contributed by atoms with E-state index in [1.54, 1.807) is 19.1 Å². The van der Waals surface area contributed by atoms with Gasteiger partial charge in [-0.15, -0.1) is 0 Å². The third-order valence-electron chi connectivity index (χ3n) is 4.21. The number of carbonyl (C=O) groups excluding carboxylic acids is 1. The fourth-order valence-corrected chi connectivity index (χ4v) is 2.96. The lowest BCUT2D eigenvalue weighted by molar-refractivity contribution is 0.0940. The summed E-state index contributed by atoms with van der Waals surface area (Å²) in [5.74, 6) is 2.13. The van der Waals surface area contributed by atoms with E-state index in [2.05, 4.69) is 20.6 Å². The lowest BCUT2D eigenvalue weighted by atomic mass is 10.1. The Hall–Kier alpha value is -3.22. The summed E-state index contributed by atoms with van der Waals surface area (Å²) in [7, 11) is 0. The molecular weight excluding hydrogens is 335 g/mol. The Morgan fingerprint density at radius 3 is 2.81 bits per heavy atom. The van der Waals surface area contributed by atoms with Gasteiger partial charge >= 0.3 is 0 Å². The van der Waals surface area contributed by atoms with Gasteiger partial charge in [-0.05, 0) is 49.7 Å². The van der Waals surface area contributed by atoms with Gasteiger partial charge in [-0.1, -0.05) is 0 Å². The van der Waals surface area contributed by atoms with Crippen LogP contribution in [-0.4, -0.2) is 22.4 Å². The number of rotatable bonds is 4. The molecule has 26 heavy (non-hydrogen) atoms. The molecule has 0 saturated carbocycles. The largest absolute Gasteiger partial charge is 0.459 e. The molecule has 0 fully saturated rings. The number of hydrogen-bond donors (Lipinski definition) is 2. The van der Waals surface area contributed by atoms with Crippen molar-refractivity contribution in [2.45, 2.75) is 19.9 Å². The normalized spacial score (nSPS) is 13.2. The maximum absolute atomic E-state index is 13.0. The fraction of sp³-hybridized carbons (Fsp3) is 0.211. The van der Waals surface area contributed by atoms with Gasteiger partial charge in [0.05, 0.1) is 6.54 Å². The van der Waals surface area contributed by atoms with Gasteiger partial charge < -0.3 is 15.1 Å². The number of aryl methyl sites for hydroxylation is 1. The molecule has 1 aliphatic heterocycles. The van der Waals surface area contributed by atoms with Crippen molar-refractivity contribution in [2.75, 3.05) is 11.9 Å². The Morgan fingerprint density at radius 1 is 1.19 bits per heavy atom. The first-order chi connectivity index (χ1) is 12.6. The first-order valence-corrected chi connectivity index (χ1v) is 8.34. The molecule has 2 aromatic heterocycles. The molecule has 3 heterocycles. The van der Waals surface area contributed by atoms with Gasteiger partial charge in [0, 0.05) is 17.7 Å². The smallest absolute Gasteiger partial charge is 0.270 e. The zero-order valence-corrected chi connectivity index (χ0v) is 14.2. The van der Waals surface area contributed by atoms with Gasteiger partial charge in [0.15, 0.2) is 0 Å². The van der Waals surface area contributed by atoms with Crippen molar-refractivity contribution >= 4 is 11.7 Å². The summed E-state index contributed by atoms with van der Waals surface area (Å²) in [5, 5.41) is 6.03. The van der Waals surface area contributed by atoms with E-state index in [1.807, 2.05) is 12.1 Å². The second kappa shape index (κ2) is 6.59. The lowest BCUT2D eigenvalue weighted by Gasteiger charge is -2.19. The molecule has 1 aliphatic rings. The fourth-order valence-electron chi connectivity index (χ4n) is 2.96. The topological polar surface area (TPSA) is 80.1 Å².